The molecule has 4 rings (SSSR count). The van der Waals surface area contributed by atoms with Gasteiger partial charge in [-0.05, 0) is 40.8 Å². The maximum atomic E-state index is 13.2. The number of rotatable bonds is 5. The summed E-state index contributed by atoms with van der Waals surface area (Å²) in [7, 11) is 3.13. The number of hydrogen-bond donors (Lipinski definition) is 2. The highest BCUT2D eigenvalue weighted by molar-refractivity contribution is 5.95. The van der Waals surface area contributed by atoms with Gasteiger partial charge in [0.1, 0.15) is 29.3 Å². The fraction of sp³-hybridized carbons (Fsp3) is 0.211. The molecule has 3 heterocycles. The zero-order chi connectivity index (χ0) is 20.4. The molecule has 10 nitrogen and oxygen atoms in total. The average molecular weight is 393 g/mol. The monoisotopic (exact) mass is 393 g/mol. The molecule has 1 aliphatic rings. The number of anilines is 2. The lowest BCUT2D eigenvalue weighted by atomic mass is 9.87. The second-order valence-electron chi connectivity index (χ2n) is 6.33. The van der Waals surface area contributed by atoms with Crippen LogP contribution in [0.15, 0.2) is 54.9 Å². The number of tetrazole rings is 1. The van der Waals surface area contributed by atoms with Crippen molar-refractivity contribution in [1.29, 1.82) is 0 Å². The number of amides is 1. The van der Waals surface area contributed by atoms with E-state index in [0.29, 0.717) is 34.5 Å². The number of nitrogens with zero attached hydrogens (tertiary/aromatic N) is 5. The van der Waals surface area contributed by atoms with E-state index in [1.807, 2.05) is 0 Å². The number of nitrogens with one attached hydrogen (secondary N) is 2. The summed E-state index contributed by atoms with van der Waals surface area (Å²) in [6, 6.07) is 10.0. The predicted octanol–water partition coefficient (Wildman–Crippen LogP) is 1.87. The second kappa shape index (κ2) is 7.58. The first-order valence-electron chi connectivity index (χ1n) is 8.80. The van der Waals surface area contributed by atoms with Crippen molar-refractivity contribution < 1.29 is 14.3 Å². The van der Waals surface area contributed by atoms with Gasteiger partial charge >= 0.3 is 0 Å². The van der Waals surface area contributed by atoms with Gasteiger partial charge in [0, 0.05) is 17.5 Å². The van der Waals surface area contributed by atoms with Crippen molar-refractivity contribution in [2.45, 2.75) is 6.04 Å². The summed E-state index contributed by atoms with van der Waals surface area (Å²) in [6.07, 6.45) is 1.60. The average Bonchev–Trinajstić information content (AvgIpc) is 3.20. The highest BCUT2D eigenvalue weighted by Crippen LogP contribution is 2.42. The fourth-order valence-corrected chi connectivity index (χ4v) is 3.34. The zero-order valence-electron chi connectivity index (χ0n) is 15.9. The molecular weight excluding hydrogens is 374 g/mol. The Hall–Kier alpha value is -3.95. The first-order valence-corrected chi connectivity index (χ1v) is 8.80. The highest BCUT2D eigenvalue weighted by Gasteiger charge is 2.41. The third-order valence-electron chi connectivity index (χ3n) is 4.67. The lowest BCUT2D eigenvalue weighted by Gasteiger charge is -2.33. The molecule has 0 saturated carbocycles. The molecule has 10 heteroatoms. The van der Waals surface area contributed by atoms with Gasteiger partial charge in [0.25, 0.3) is 0 Å². The summed E-state index contributed by atoms with van der Waals surface area (Å²) >= 11 is 0. The first kappa shape index (κ1) is 18.4. The molecule has 3 aromatic rings. The molecule has 29 heavy (non-hydrogen) atoms. The number of benzene rings is 1. The van der Waals surface area contributed by atoms with Gasteiger partial charge < -0.3 is 20.1 Å². The fourth-order valence-electron chi connectivity index (χ4n) is 3.34. The van der Waals surface area contributed by atoms with Gasteiger partial charge in [-0.25, -0.2) is 9.67 Å². The SMILES string of the molecule is C=C1Nc2nnnn2C(c2cc(OC)ccc2OC)C1C(=O)Nc1ccccn1. The lowest BCUT2D eigenvalue weighted by molar-refractivity contribution is -0.119. The van der Waals surface area contributed by atoms with Crippen LogP contribution in [0.5, 0.6) is 11.5 Å². The van der Waals surface area contributed by atoms with Crippen LogP contribution in [0.25, 0.3) is 0 Å². The smallest absolute Gasteiger partial charge is 0.247 e. The van der Waals surface area contributed by atoms with Gasteiger partial charge in [-0.3, -0.25) is 4.79 Å². The van der Waals surface area contributed by atoms with Crippen LogP contribution in [0.2, 0.25) is 0 Å². The van der Waals surface area contributed by atoms with Crippen LogP contribution in [-0.4, -0.2) is 45.3 Å². The number of carbonyl (C=O) groups excluding carboxylic acids is 1. The summed E-state index contributed by atoms with van der Waals surface area (Å²) in [4.78, 5) is 17.4. The number of pyridine rings is 1. The van der Waals surface area contributed by atoms with Crippen molar-refractivity contribution in [3.05, 3.63) is 60.4 Å². The Morgan fingerprint density at radius 1 is 1.24 bits per heavy atom. The first-order chi connectivity index (χ1) is 14.1. The van der Waals surface area contributed by atoms with Crippen molar-refractivity contribution >= 4 is 17.7 Å². The Labute approximate surface area is 166 Å². The van der Waals surface area contributed by atoms with Crippen LogP contribution < -0.4 is 20.1 Å². The van der Waals surface area contributed by atoms with E-state index >= 15 is 0 Å². The van der Waals surface area contributed by atoms with E-state index in [1.165, 1.54) is 4.68 Å². The molecule has 1 amide bonds. The maximum absolute atomic E-state index is 13.2. The maximum Gasteiger partial charge on any atom is 0.247 e. The van der Waals surface area contributed by atoms with E-state index in [4.69, 9.17) is 9.47 Å². The topological polar surface area (TPSA) is 116 Å². The van der Waals surface area contributed by atoms with Crippen molar-refractivity contribution in [2.75, 3.05) is 24.9 Å². The van der Waals surface area contributed by atoms with Gasteiger partial charge in [-0.1, -0.05) is 17.7 Å². The van der Waals surface area contributed by atoms with E-state index in [0.717, 1.165) is 0 Å². The predicted molar refractivity (Wildman–Crippen MR) is 105 cm³/mol. The Bertz CT molecular complexity index is 1050. The molecule has 0 saturated heterocycles. The molecule has 0 spiro atoms. The van der Waals surface area contributed by atoms with Gasteiger partial charge in [0.2, 0.25) is 11.9 Å². The van der Waals surface area contributed by atoms with Crippen molar-refractivity contribution in [1.82, 2.24) is 25.2 Å². The number of carbonyl (C=O) groups is 1. The van der Waals surface area contributed by atoms with Crippen LogP contribution in [0.4, 0.5) is 11.8 Å². The summed E-state index contributed by atoms with van der Waals surface area (Å²) in [5, 5.41) is 17.6. The van der Waals surface area contributed by atoms with Gasteiger partial charge in [0.15, 0.2) is 0 Å². The summed E-state index contributed by atoms with van der Waals surface area (Å²) < 4.78 is 12.4. The van der Waals surface area contributed by atoms with Crippen molar-refractivity contribution in [3.63, 3.8) is 0 Å². The third-order valence-corrected chi connectivity index (χ3v) is 4.67. The standard InChI is InChI=1S/C19H19N7O3/c1-11-16(18(27)22-15-6-4-5-9-20-15)17(26-19(21-11)23-24-25-26)13-10-12(28-2)7-8-14(13)29-3/h4-10,16-17H,1H2,2-3H3,(H,20,22,27)(H,21,23,25). The minimum absolute atomic E-state index is 0.308. The minimum Gasteiger partial charge on any atom is -0.497 e. The number of ether oxygens (including phenoxy) is 2. The molecule has 2 N–H and O–H groups in total. The molecular formula is C19H19N7O3. The molecule has 1 aromatic carbocycles. The Morgan fingerprint density at radius 3 is 2.83 bits per heavy atom. The largest absolute Gasteiger partial charge is 0.497 e. The van der Waals surface area contributed by atoms with Gasteiger partial charge in [-0.2, -0.15) is 0 Å². The molecule has 2 aromatic heterocycles. The molecule has 1 aliphatic heterocycles. The highest BCUT2D eigenvalue weighted by atomic mass is 16.5. The number of methoxy groups -OCH3 is 2. The third kappa shape index (κ3) is 3.35. The Morgan fingerprint density at radius 2 is 2.10 bits per heavy atom. The van der Waals surface area contributed by atoms with Crippen molar-refractivity contribution in [3.8, 4) is 11.5 Å². The van der Waals surface area contributed by atoms with E-state index in [1.54, 1.807) is 56.8 Å². The van der Waals surface area contributed by atoms with Gasteiger partial charge in [0.05, 0.1) is 14.2 Å². The molecule has 2 atom stereocenters. The summed E-state index contributed by atoms with van der Waals surface area (Å²) in [5.41, 5.74) is 1.14. The normalized spacial score (nSPS) is 17.8. The quantitative estimate of drug-likeness (QED) is 0.675. The van der Waals surface area contributed by atoms with Crippen LogP contribution in [0.3, 0.4) is 0 Å². The van der Waals surface area contributed by atoms with E-state index in [9.17, 15) is 4.79 Å². The lowest BCUT2D eigenvalue weighted by Crippen LogP contribution is -2.39. The molecule has 0 fully saturated rings. The molecule has 148 valence electrons. The second-order valence-corrected chi connectivity index (χ2v) is 6.33. The molecule has 2 unspecified atom stereocenters. The summed E-state index contributed by atoms with van der Waals surface area (Å²) in [6.45, 7) is 4.04. The van der Waals surface area contributed by atoms with Crippen molar-refractivity contribution in [2.24, 2.45) is 5.92 Å². The summed E-state index contributed by atoms with van der Waals surface area (Å²) in [5.74, 6) is 0.952. The molecule has 0 radical (unpaired) electrons. The Kier molecular flexibility index (Phi) is 4.82. The van der Waals surface area contributed by atoms with Crippen LogP contribution >= 0.6 is 0 Å². The number of hydrogen-bond acceptors (Lipinski definition) is 8. The number of aromatic nitrogens is 5. The van der Waals surface area contributed by atoms with Crippen LogP contribution in [0, 0.1) is 5.92 Å². The van der Waals surface area contributed by atoms with E-state index in [-0.39, 0.29) is 5.91 Å². The van der Waals surface area contributed by atoms with Crippen LogP contribution in [0.1, 0.15) is 11.6 Å². The van der Waals surface area contributed by atoms with Crippen LogP contribution in [-0.2, 0) is 4.79 Å². The number of fused-ring (bicyclic) bond motifs is 1. The van der Waals surface area contributed by atoms with E-state index in [2.05, 4.69) is 37.7 Å². The van der Waals surface area contributed by atoms with Gasteiger partial charge in [-0.15, -0.1) is 0 Å². The van der Waals surface area contributed by atoms with E-state index < -0.39 is 12.0 Å². The Balaban J connectivity index is 1.81. The molecule has 0 aliphatic carbocycles. The molecule has 0 bridgehead atoms. The minimum atomic E-state index is -0.742. The zero-order valence-corrected chi connectivity index (χ0v) is 15.9.